The number of hydrogen-bond donors (Lipinski definition) is 2. The molecule has 1 aromatic heterocycles. The van der Waals surface area contributed by atoms with Crippen LogP contribution in [-0.2, 0) is 4.79 Å². The molecule has 0 fully saturated rings. The van der Waals surface area contributed by atoms with Gasteiger partial charge in [0, 0.05) is 23.9 Å². The third-order valence-corrected chi connectivity index (χ3v) is 4.80. The van der Waals surface area contributed by atoms with Gasteiger partial charge in [0.15, 0.2) is 5.16 Å². The molecule has 0 saturated heterocycles. The smallest absolute Gasteiger partial charge is 0.225 e. The zero-order valence-electron chi connectivity index (χ0n) is 13.9. The molecule has 0 spiro atoms. The molecule has 8 heteroatoms. The van der Waals surface area contributed by atoms with Crippen LogP contribution >= 0.6 is 23.4 Å². The van der Waals surface area contributed by atoms with Crippen molar-refractivity contribution in [3.05, 3.63) is 47.0 Å². The summed E-state index contributed by atoms with van der Waals surface area (Å²) < 4.78 is 5.19. The Morgan fingerprint density at radius 1 is 1.38 bits per heavy atom. The Bertz CT molecular complexity index is 997. The van der Waals surface area contributed by atoms with Crippen molar-refractivity contribution in [3.8, 4) is 11.8 Å². The number of nitrogens with one attached hydrogen (secondary N) is 2. The van der Waals surface area contributed by atoms with Crippen LogP contribution in [-0.4, -0.2) is 28.7 Å². The number of ether oxygens (including phenoxy) is 1. The fourth-order valence-corrected chi connectivity index (χ4v) is 3.36. The predicted molar refractivity (Wildman–Crippen MR) is 103 cm³/mol. The molecule has 132 valence electrons. The second-order valence-corrected chi connectivity index (χ2v) is 6.87. The molecule has 3 rings (SSSR count). The van der Waals surface area contributed by atoms with Gasteiger partial charge >= 0.3 is 0 Å². The van der Waals surface area contributed by atoms with Crippen molar-refractivity contribution in [1.82, 2.24) is 9.97 Å². The van der Waals surface area contributed by atoms with Crippen LogP contribution in [0.2, 0.25) is 5.02 Å². The van der Waals surface area contributed by atoms with E-state index in [2.05, 4.69) is 15.3 Å². The normalized spacial score (nSPS) is 10.5. The Balaban J connectivity index is 1.53. The number of methoxy groups -OCH3 is 1. The first-order valence-corrected chi connectivity index (χ1v) is 9.11. The number of nitrogens with zero attached hydrogens (tertiary/aromatic N) is 2. The third-order valence-electron chi connectivity index (χ3n) is 3.61. The number of amides is 1. The number of nitriles is 1. The first-order chi connectivity index (χ1) is 12.6. The van der Waals surface area contributed by atoms with Gasteiger partial charge in [-0.25, -0.2) is 4.98 Å². The Kier molecular flexibility index (Phi) is 5.66. The number of benzene rings is 2. The second-order valence-electron chi connectivity index (χ2n) is 5.38. The summed E-state index contributed by atoms with van der Waals surface area (Å²) in [4.78, 5) is 19.7. The summed E-state index contributed by atoms with van der Waals surface area (Å²) in [5.41, 5.74) is 2.69. The highest BCUT2D eigenvalue weighted by Crippen LogP contribution is 2.24. The van der Waals surface area contributed by atoms with Gasteiger partial charge < -0.3 is 15.0 Å². The molecule has 1 amide bonds. The van der Waals surface area contributed by atoms with E-state index in [0.717, 1.165) is 21.9 Å². The molecule has 1 heterocycles. The fourth-order valence-electron chi connectivity index (χ4n) is 2.31. The van der Waals surface area contributed by atoms with E-state index >= 15 is 0 Å². The summed E-state index contributed by atoms with van der Waals surface area (Å²) in [6, 6.07) is 12.4. The number of anilines is 1. The number of hydrogen-bond acceptors (Lipinski definition) is 5. The Morgan fingerprint density at radius 2 is 2.23 bits per heavy atom. The van der Waals surface area contributed by atoms with Crippen LogP contribution in [0.15, 0.2) is 41.6 Å². The van der Waals surface area contributed by atoms with Gasteiger partial charge in [0.05, 0.1) is 28.7 Å². The summed E-state index contributed by atoms with van der Waals surface area (Å²) in [5, 5.41) is 12.7. The molecular weight excluding hydrogens is 372 g/mol. The van der Waals surface area contributed by atoms with E-state index in [1.165, 1.54) is 11.8 Å². The molecule has 6 nitrogen and oxygen atoms in total. The summed E-state index contributed by atoms with van der Waals surface area (Å²) in [6.07, 6.45) is 0.322. The first-order valence-electron chi connectivity index (χ1n) is 7.75. The van der Waals surface area contributed by atoms with Gasteiger partial charge in [-0.3, -0.25) is 4.79 Å². The van der Waals surface area contributed by atoms with Crippen LogP contribution in [0, 0.1) is 11.3 Å². The van der Waals surface area contributed by atoms with Gasteiger partial charge in [0.2, 0.25) is 5.91 Å². The Hall–Kier alpha value is -2.69. The van der Waals surface area contributed by atoms with E-state index in [-0.39, 0.29) is 5.91 Å². The van der Waals surface area contributed by atoms with Crippen molar-refractivity contribution in [3.63, 3.8) is 0 Å². The van der Waals surface area contributed by atoms with Gasteiger partial charge in [0.1, 0.15) is 11.8 Å². The van der Waals surface area contributed by atoms with Crippen molar-refractivity contribution < 1.29 is 9.53 Å². The van der Waals surface area contributed by atoms with Crippen LogP contribution in [0.1, 0.15) is 12.0 Å². The van der Waals surface area contributed by atoms with Crippen molar-refractivity contribution in [2.75, 3.05) is 18.2 Å². The number of imidazole rings is 1. The number of carbonyl (C=O) groups is 1. The average molecular weight is 387 g/mol. The topological polar surface area (TPSA) is 90.8 Å². The maximum absolute atomic E-state index is 12.0. The maximum atomic E-state index is 12.0. The summed E-state index contributed by atoms with van der Waals surface area (Å²) in [6.45, 7) is 0. The number of carbonyl (C=O) groups excluding carboxylic acids is 1. The first kappa shape index (κ1) is 18.1. The Labute approximate surface area is 159 Å². The largest absolute Gasteiger partial charge is 0.497 e. The Morgan fingerprint density at radius 3 is 2.96 bits per heavy atom. The van der Waals surface area contributed by atoms with Crippen LogP contribution in [0.5, 0.6) is 5.75 Å². The van der Waals surface area contributed by atoms with E-state index < -0.39 is 0 Å². The molecule has 0 saturated carbocycles. The lowest BCUT2D eigenvalue weighted by molar-refractivity contribution is -0.115. The zero-order valence-corrected chi connectivity index (χ0v) is 15.4. The second kappa shape index (κ2) is 8.13. The number of fused-ring (bicyclic) bond motifs is 1. The maximum Gasteiger partial charge on any atom is 0.225 e. The molecule has 2 aromatic carbocycles. The highest BCUT2D eigenvalue weighted by molar-refractivity contribution is 7.99. The number of halogens is 1. The minimum atomic E-state index is -0.129. The molecule has 26 heavy (non-hydrogen) atoms. The van der Waals surface area contributed by atoms with Gasteiger partial charge in [-0.2, -0.15) is 5.26 Å². The number of rotatable bonds is 6. The monoisotopic (exact) mass is 386 g/mol. The van der Waals surface area contributed by atoms with E-state index in [1.54, 1.807) is 25.3 Å². The molecule has 0 aliphatic heterocycles. The van der Waals surface area contributed by atoms with Crippen molar-refractivity contribution in [1.29, 1.82) is 5.26 Å². The highest BCUT2D eigenvalue weighted by atomic mass is 35.5. The molecule has 0 bridgehead atoms. The van der Waals surface area contributed by atoms with Gasteiger partial charge in [0.25, 0.3) is 0 Å². The molecule has 0 aliphatic carbocycles. The van der Waals surface area contributed by atoms with Crippen LogP contribution in [0.4, 0.5) is 5.69 Å². The lowest BCUT2D eigenvalue weighted by Gasteiger charge is -2.05. The summed E-state index contributed by atoms with van der Waals surface area (Å²) in [7, 11) is 1.62. The van der Waals surface area contributed by atoms with E-state index in [9.17, 15) is 4.79 Å². The molecule has 0 aliphatic rings. The summed E-state index contributed by atoms with van der Waals surface area (Å²) >= 11 is 7.43. The fraction of sp³-hybridized carbons (Fsp3) is 0.167. The van der Waals surface area contributed by atoms with E-state index in [0.29, 0.717) is 28.4 Å². The van der Waals surface area contributed by atoms with Crippen molar-refractivity contribution >= 4 is 46.0 Å². The average Bonchev–Trinajstić information content (AvgIpc) is 3.03. The standard InChI is InChI=1S/C18H15ClN4O2S/c1-25-13-4-5-15-16(9-13)23-18(22-15)26-7-6-17(24)21-12-3-2-11(10-20)14(19)8-12/h2-5,8-9H,6-7H2,1H3,(H,21,24)(H,22,23). The number of thioether (sulfide) groups is 1. The number of aromatic amines is 1. The van der Waals surface area contributed by atoms with Crippen molar-refractivity contribution in [2.24, 2.45) is 0 Å². The number of H-pyrrole nitrogens is 1. The van der Waals surface area contributed by atoms with Crippen LogP contribution in [0.25, 0.3) is 11.0 Å². The molecule has 0 radical (unpaired) electrons. The van der Waals surface area contributed by atoms with Crippen LogP contribution < -0.4 is 10.1 Å². The van der Waals surface area contributed by atoms with Crippen molar-refractivity contribution in [2.45, 2.75) is 11.6 Å². The quantitative estimate of drug-likeness (QED) is 0.619. The molecule has 2 N–H and O–H groups in total. The molecule has 0 unspecified atom stereocenters. The molecule has 0 atom stereocenters. The van der Waals surface area contributed by atoms with Crippen LogP contribution in [0.3, 0.4) is 0 Å². The lowest BCUT2D eigenvalue weighted by atomic mass is 10.2. The minimum absolute atomic E-state index is 0.129. The van der Waals surface area contributed by atoms with Gasteiger partial charge in [-0.15, -0.1) is 0 Å². The number of aromatic nitrogens is 2. The highest BCUT2D eigenvalue weighted by Gasteiger charge is 2.08. The third kappa shape index (κ3) is 4.28. The van der Waals surface area contributed by atoms with Gasteiger partial charge in [-0.1, -0.05) is 23.4 Å². The summed E-state index contributed by atoms with van der Waals surface area (Å²) in [5.74, 6) is 1.21. The lowest BCUT2D eigenvalue weighted by Crippen LogP contribution is -2.12. The minimum Gasteiger partial charge on any atom is -0.497 e. The zero-order chi connectivity index (χ0) is 18.5. The van der Waals surface area contributed by atoms with E-state index in [4.69, 9.17) is 21.6 Å². The molecule has 3 aromatic rings. The SMILES string of the molecule is COc1ccc2nc(SCCC(=O)Nc3ccc(C#N)c(Cl)c3)[nH]c2c1. The van der Waals surface area contributed by atoms with E-state index in [1.807, 2.05) is 24.3 Å². The predicted octanol–water partition coefficient (Wildman–Crippen LogP) is 4.22. The van der Waals surface area contributed by atoms with Gasteiger partial charge in [-0.05, 0) is 30.3 Å². The molecular formula is C18H15ClN4O2S.